The monoisotopic (exact) mass is 556 g/mol. The van der Waals surface area contributed by atoms with Crippen molar-refractivity contribution in [2.45, 2.75) is 43.9 Å². The van der Waals surface area contributed by atoms with E-state index in [-0.39, 0.29) is 11.7 Å². The van der Waals surface area contributed by atoms with Gasteiger partial charge in [-0.25, -0.2) is 13.5 Å². The number of fused-ring (bicyclic) bond motifs is 4. The van der Waals surface area contributed by atoms with Crippen molar-refractivity contribution in [3.05, 3.63) is 82.4 Å². The maximum absolute atomic E-state index is 13.7. The van der Waals surface area contributed by atoms with E-state index >= 15 is 0 Å². The molecule has 4 aromatic rings. The Kier molecular flexibility index (Phi) is 6.64. The zero-order valence-corrected chi connectivity index (χ0v) is 22.3. The molecule has 2 aliphatic rings. The van der Waals surface area contributed by atoms with Crippen LogP contribution in [0.5, 0.6) is 0 Å². The van der Waals surface area contributed by atoms with Gasteiger partial charge in [-0.05, 0) is 66.3 Å². The van der Waals surface area contributed by atoms with E-state index in [4.69, 9.17) is 4.74 Å². The molecule has 1 saturated heterocycles. The lowest BCUT2D eigenvalue weighted by Gasteiger charge is -2.36. The molecule has 1 fully saturated rings. The van der Waals surface area contributed by atoms with Crippen LogP contribution in [0.25, 0.3) is 5.65 Å². The normalized spacial score (nSPS) is 20.1. The maximum atomic E-state index is 13.7. The number of benzene rings is 1. The van der Waals surface area contributed by atoms with Gasteiger partial charge in [-0.2, -0.15) is 13.2 Å². The Morgan fingerprint density at radius 3 is 2.79 bits per heavy atom. The topological polar surface area (TPSA) is 75.9 Å². The van der Waals surface area contributed by atoms with Crippen molar-refractivity contribution in [3.63, 3.8) is 0 Å². The van der Waals surface area contributed by atoms with E-state index < -0.39 is 23.0 Å². The zero-order chi connectivity index (χ0) is 27.3. The van der Waals surface area contributed by atoms with Crippen molar-refractivity contribution in [2.75, 3.05) is 31.2 Å². The number of hydrogen-bond acceptors (Lipinski definition) is 6. The number of aryl methyl sites for hydroxylation is 2. The molecule has 3 aromatic heterocycles. The summed E-state index contributed by atoms with van der Waals surface area (Å²) in [5.41, 5.74) is 4.83. The number of alkyl halides is 3. The number of halogens is 3. The molecule has 2 aliphatic heterocycles. The van der Waals surface area contributed by atoms with Gasteiger partial charge in [0.25, 0.3) is 0 Å². The van der Waals surface area contributed by atoms with Gasteiger partial charge in [-0.1, -0.05) is 18.2 Å². The first-order valence-electron chi connectivity index (χ1n) is 12.7. The van der Waals surface area contributed by atoms with E-state index in [0.29, 0.717) is 49.7 Å². The van der Waals surface area contributed by atoms with E-state index in [1.165, 1.54) is 6.20 Å². The number of nitrogens with zero attached hydrogens (tertiary/aromatic N) is 6. The molecule has 1 aromatic carbocycles. The van der Waals surface area contributed by atoms with Crippen molar-refractivity contribution < 1.29 is 22.1 Å². The Bertz CT molecular complexity index is 1570. The average Bonchev–Trinajstić information content (AvgIpc) is 3.33. The van der Waals surface area contributed by atoms with Crippen molar-refractivity contribution >= 4 is 22.5 Å². The molecule has 2 unspecified atom stereocenters. The lowest BCUT2D eigenvalue weighted by molar-refractivity contribution is -0.145. The SMILES string of the molecule is Cc1ccc(Cc2ccn3c(C(F)(F)F)nnc3c2C)cc1CN1CC2COCCN2c2ncccc2S1=O. The Balaban J connectivity index is 1.28. The molecule has 12 heteroatoms. The molecule has 39 heavy (non-hydrogen) atoms. The first-order chi connectivity index (χ1) is 18.7. The maximum Gasteiger partial charge on any atom is 0.452 e. The zero-order valence-electron chi connectivity index (χ0n) is 21.5. The summed E-state index contributed by atoms with van der Waals surface area (Å²) >= 11 is 0. The van der Waals surface area contributed by atoms with Gasteiger partial charge in [0.2, 0.25) is 5.82 Å². The van der Waals surface area contributed by atoms with Crippen molar-refractivity contribution in [2.24, 2.45) is 0 Å². The van der Waals surface area contributed by atoms with Crippen LogP contribution in [0.1, 0.15) is 33.6 Å². The Hall–Kier alpha value is -3.35. The highest BCUT2D eigenvalue weighted by Gasteiger charge is 2.37. The lowest BCUT2D eigenvalue weighted by atomic mass is 9.98. The fourth-order valence-corrected chi connectivity index (χ4v) is 6.67. The first-order valence-corrected chi connectivity index (χ1v) is 13.8. The smallest absolute Gasteiger partial charge is 0.377 e. The second kappa shape index (κ2) is 10.00. The van der Waals surface area contributed by atoms with Gasteiger partial charge in [0, 0.05) is 32.0 Å². The highest BCUT2D eigenvalue weighted by molar-refractivity contribution is 7.82. The van der Waals surface area contributed by atoms with Gasteiger partial charge in [0.05, 0.1) is 24.2 Å². The summed E-state index contributed by atoms with van der Waals surface area (Å²) in [6, 6.07) is 11.6. The molecule has 0 amide bonds. The number of ether oxygens (including phenoxy) is 1. The average molecular weight is 557 g/mol. The van der Waals surface area contributed by atoms with Crippen LogP contribution in [0, 0.1) is 13.8 Å². The molecule has 0 bridgehead atoms. The van der Waals surface area contributed by atoms with Crippen molar-refractivity contribution in [1.29, 1.82) is 0 Å². The van der Waals surface area contributed by atoms with Crippen LogP contribution in [0.4, 0.5) is 19.0 Å². The molecule has 0 spiro atoms. The summed E-state index contributed by atoms with van der Waals surface area (Å²) in [6.45, 7) is 6.68. The molecule has 204 valence electrons. The van der Waals surface area contributed by atoms with E-state index in [0.717, 1.165) is 32.5 Å². The number of anilines is 1. The number of aromatic nitrogens is 4. The molecule has 0 radical (unpaired) electrons. The van der Waals surface area contributed by atoms with Gasteiger partial charge in [0.15, 0.2) is 5.65 Å². The van der Waals surface area contributed by atoms with Gasteiger partial charge < -0.3 is 9.64 Å². The van der Waals surface area contributed by atoms with E-state index in [2.05, 4.69) is 26.1 Å². The Morgan fingerprint density at radius 2 is 1.97 bits per heavy atom. The molecular weight excluding hydrogens is 529 g/mol. The fraction of sp³-hybridized carbons (Fsp3) is 0.370. The van der Waals surface area contributed by atoms with Gasteiger partial charge in [-0.3, -0.25) is 4.40 Å². The Morgan fingerprint density at radius 1 is 1.13 bits per heavy atom. The summed E-state index contributed by atoms with van der Waals surface area (Å²) in [4.78, 5) is 7.46. The summed E-state index contributed by atoms with van der Waals surface area (Å²) in [7, 11) is -1.40. The predicted octanol–water partition coefficient (Wildman–Crippen LogP) is 4.09. The number of morpholine rings is 1. The highest BCUT2D eigenvalue weighted by atomic mass is 32.2. The highest BCUT2D eigenvalue weighted by Crippen LogP contribution is 2.32. The van der Waals surface area contributed by atoms with Crippen LogP contribution in [0.15, 0.2) is 53.7 Å². The molecule has 5 heterocycles. The van der Waals surface area contributed by atoms with Crippen LogP contribution in [-0.4, -0.2) is 60.4 Å². The number of rotatable bonds is 4. The summed E-state index contributed by atoms with van der Waals surface area (Å²) in [5, 5.41) is 7.16. The van der Waals surface area contributed by atoms with Crippen LogP contribution >= 0.6 is 0 Å². The third-order valence-electron chi connectivity index (χ3n) is 7.43. The van der Waals surface area contributed by atoms with Gasteiger partial charge in [-0.15, -0.1) is 10.2 Å². The Labute approximate surface area is 226 Å². The van der Waals surface area contributed by atoms with Crippen LogP contribution in [0.2, 0.25) is 0 Å². The van der Waals surface area contributed by atoms with Crippen LogP contribution in [-0.2, 0) is 34.9 Å². The van der Waals surface area contributed by atoms with Crippen LogP contribution in [0.3, 0.4) is 0 Å². The third kappa shape index (κ3) is 4.81. The first kappa shape index (κ1) is 25.9. The molecule has 6 rings (SSSR count). The van der Waals surface area contributed by atoms with Crippen molar-refractivity contribution in [3.8, 4) is 0 Å². The third-order valence-corrected chi connectivity index (χ3v) is 8.88. The predicted molar refractivity (Wildman–Crippen MR) is 140 cm³/mol. The van der Waals surface area contributed by atoms with E-state index in [9.17, 15) is 17.4 Å². The minimum Gasteiger partial charge on any atom is -0.377 e. The van der Waals surface area contributed by atoms with E-state index in [1.807, 2.05) is 35.5 Å². The molecule has 0 saturated carbocycles. The summed E-state index contributed by atoms with van der Waals surface area (Å²) in [6.07, 6.45) is -0.956. The quantitative estimate of drug-likeness (QED) is 0.377. The molecule has 0 aliphatic carbocycles. The minimum atomic E-state index is -4.58. The largest absolute Gasteiger partial charge is 0.452 e. The minimum absolute atomic E-state index is 0.0430. The second-order valence-corrected chi connectivity index (χ2v) is 11.4. The number of pyridine rings is 2. The van der Waals surface area contributed by atoms with E-state index in [1.54, 1.807) is 19.2 Å². The summed E-state index contributed by atoms with van der Waals surface area (Å²) < 4.78 is 62.3. The van der Waals surface area contributed by atoms with Gasteiger partial charge in [0.1, 0.15) is 16.8 Å². The summed E-state index contributed by atoms with van der Waals surface area (Å²) in [5.74, 6) is -0.279. The van der Waals surface area contributed by atoms with Gasteiger partial charge >= 0.3 is 6.18 Å². The van der Waals surface area contributed by atoms with Crippen LogP contribution < -0.4 is 4.90 Å². The molecule has 0 N–H and O–H groups in total. The number of hydrogen-bond donors (Lipinski definition) is 0. The fourth-order valence-electron chi connectivity index (χ4n) is 5.31. The lowest BCUT2D eigenvalue weighted by Crippen LogP contribution is -2.50. The standard InChI is InChI=1S/C27H27F3N6O2S/c1-17-5-6-19(12-20-7-9-36-24(18(20)2)32-33-26(36)27(28,29)30)13-21(17)14-34-15-22-16-38-11-10-35(22)25-23(39(34)37)4-3-8-31-25/h3-9,13,22H,10-12,14-16H2,1-2H3. The molecule has 2 atom stereocenters. The molecular formula is C27H27F3N6O2S. The van der Waals surface area contributed by atoms with Crippen molar-refractivity contribution in [1.82, 2.24) is 23.9 Å². The molecule has 8 nitrogen and oxygen atoms in total. The second-order valence-electron chi connectivity index (χ2n) is 9.94.